The highest BCUT2D eigenvalue weighted by Gasteiger charge is 2.38. The van der Waals surface area contributed by atoms with Crippen molar-refractivity contribution in [2.75, 3.05) is 33.2 Å². The fourth-order valence-corrected chi connectivity index (χ4v) is 3.51. The van der Waals surface area contributed by atoms with Crippen LogP contribution in [0.5, 0.6) is 0 Å². The highest BCUT2D eigenvalue weighted by Crippen LogP contribution is 2.29. The Balaban J connectivity index is 1.94. The van der Waals surface area contributed by atoms with Crippen LogP contribution in [0, 0.1) is 0 Å². The van der Waals surface area contributed by atoms with Crippen LogP contribution in [0.25, 0.3) is 0 Å². The van der Waals surface area contributed by atoms with Crippen molar-refractivity contribution in [1.29, 1.82) is 0 Å². The van der Waals surface area contributed by atoms with Gasteiger partial charge in [-0.15, -0.1) is 0 Å². The molecule has 2 unspecified atom stereocenters. The van der Waals surface area contributed by atoms with E-state index in [1.165, 1.54) is 51.9 Å². The summed E-state index contributed by atoms with van der Waals surface area (Å²) in [5.41, 5.74) is 0.330. The Morgan fingerprint density at radius 1 is 1.22 bits per heavy atom. The number of nitrogens with one attached hydrogen (secondary N) is 1. The van der Waals surface area contributed by atoms with E-state index in [9.17, 15) is 0 Å². The van der Waals surface area contributed by atoms with E-state index < -0.39 is 0 Å². The van der Waals surface area contributed by atoms with E-state index in [2.05, 4.69) is 42.9 Å². The van der Waals surface area contributed by atoms with Crippen LogP contribution < -0.4 is 5.32 Å². The van der Waals surface area contributed by atoms with Crippen molar-refractivity contribution in [3.05, 3.63) is 0 Å². The quantitative estimate of drug-likeness (QED) is 0.826. The van der Waals surface area contributed by atoms with Gasteiger partial charge in [-0.05, 0) is 46.7 Å². The molecule has 1 heterocycles. The normalized spacial score (nSPS) is 34.0. The lowest BCUT2D eigenvalue weighted by Crippen LogP contribution is -2.61. The Bertz CT molecular complexity index is 264. The van der Waals surface area contributed by atoms with Crippen LogP contribution in [-0.4, -0.2) is 60.6 Å². The topological polar surface area (TPSA) is 18.5 Å². The number of hydrogen-bond acceptors (Lipinski definition) is 3. The summed E-state index contributed by atoms with van der Waals surface area (Å²) in [5.74, 6) is 0. The SMILES string of the molecule is CCCNC1CCCC1N1CCN(C)C(C)(C)C1. The molecule has 0 aromatic heterocycles. The van der Waals surface area contributed by atoms with Gasteiger partial charge in [0.1, 0.15) is 0 Å². The molecule has 0 spiro atoms. The second-order valence-corrected chi connectivity index (χ2v) is 6.76. The number of likely N-dealkylation sites (N-methyl/N-ethyl adjacent to an activating group) is 1. The van der Waals surface area contributed by atoms with Gasteiger partial charge in [0.2, 0.25) is 0 Å². The highest BCUT2D eigenvalue weighted by molar-refractivity contribution is 4.96. The molecule has 2 fully saturated rings. The van der Waals surface area contributed by atoms with Crippen LogP contribution in [0.2, 0.25) is 0 Å². The molecular formula is C15H31N3. The van der Waals surface area contributed by atoms with Crippen molar-refractivity contribution >= 4 is 0 Å². The molecule has 1 N–H and O–H groups in total. The summed E-state index contributed by atoms with van der Waals surface area (Å²) in [5, 5.41) is 3.76. The van der Waals surface area contributed by atoms with Gasteiger partial charge in [-0.1, -0.05) is 13.3 Å². The van der Waals surface area contributed by atoms with E-state index >= 15 is 0 Å². The van der Waals surface area contributed by atoms with E-state index in [0.717, 1.165) is 12.1 Å². The second kappa shape index (κ2) is 5.89. The molecular weight excluding hydrogens is 222 g/mol. The molecule has 2 atom stereocenters. The maximum atomic E-state index is 3.76. The van der Waals surface area contributed by atoms with Gasteiger partial charge in [-0.3, -0.25) is 9.80 Å². The number of nitrogens with zero attached hydrogens (tertiary/aromatic N) is 2. The van der Waals surface area contributed by atoms with Crippen LogP contribution in [0.1, 0.15) is 46.5 Å². The van der Waals surface area contributed by atoms with Crippen LogP contribution in [0.15, 0.2) is 0 Å². The number of piperazine rings is 1. The van der Waals surface area contributed by atoms with Crippen molar-refractivity contribution in [1.82, 2.24) is 15.1 Å². The highest BCUT2D eigenvalue weighted by atomic mass is 15.3. The minimum Gasteiger partial charge on any atom is -0.312 e. The molecule has 3 heteroatoms. The number of hydrogen-bond donors (Lipinski definition) is 1. The molecule has 3 nitrogen and oxygen atoms in total. The van der Waals surface area contributed by atoms with E-state index in [0.29, 0.717) is 5.54 Å². The molecule has 0 amide bonds. The Morgan fingerprint density at radius 2 is 2.00 bits per heavy atom. The molecule has 0 aromatic rings. The molecule has 1 aliphatic heterocycles. The first-order chi connectivity index (χ1) is 8.54. The first-order valence-electron chi connectivity index (χ1n) is 7.73. The average molecular weight is 253 g/mol. The third-order valence-electron chi connectivity index (χ3n) is 4.95. The maximum absolute atomic E-state index is 3.76. The Kier molecular flexibility index (Phi) is 4.68. The zero-order valence-corrected chi connectivity index (χ0v) is 12.7. The minimum atomic E-state index is 0.330. The molecule has 2 rings (SSSR count). The smallest absolute Gasteiger partial charge is 0.0277 e. The molecule has 0 aromatic carbocycles. The molecule has 106 valence electrons. The zero-order valence-electron chi connectivity index (χ0n) is 12.7. The van der Waals surface area contributed by atoms with E-state index in [1.807, 2.05) is 0 Å². The predicted octanol–water partition coefficient (Wildman–Crippen LogP) is 1.93. The van der Waals surface area contributed by atoms with E-state index in [4.69, 9.17) is 0 Å². The average Bonchev–Trinajstić information content (AvgIpc) is 2.78. The lowest BCUT2D eigenvalue weighted by molar-refractivity contribution is 0.0122. The first kappa shape index (κ1) is 14.3. The summed E-state index contributed by atoms with van der Waals surface area (Å²) in [7, 11) is 2.26. The van der Waals surface area contributed by atoms with Crippen molar-refractivity contribution in [3.63, 3.8) is 0 Å². The molecule has 1 aliphatic carbocycles. The second-order valence-electron chi connectivity index (χ2n) is 6.76. The number of rotatable bonds is 4. The van der Waals surface area contributed by atoms with Gasteiger partial charge in [0.15, 0.2) is 0 Å². The summed E-state index contributed by atoms with van der Waals surface area (Å²) >= 11 is 0. The lowest BCUT2D eigenvalue weighted by atomic mass is 9.97. The van der Waals surface area contributed by atoms with Crippen molar-refractivity contribution < 1.29 is 0 Å². The van der Waals surface area contributed by atoms with Crippen molar-refractivity contribution in [3.8, 4) is 0 Å². The van der Waals surface area contributed by atoms with Gasteiger partial charge in [-0.25, -0.2) is 0 Å². The van der Waals surface area contributed by atoms with Crippen molar-refractivity contribution in [2.24, 2.45) is 0 Å². The fourth-order valence-electron chi connectivity index (χ4n) is 3.51. The Hall–Kier alpha value is -0.120. The third-order valence-corrected chi connectivity index (χ3v) is 4.95. The molecule has 0 bridgehead atoms. The fraction of sp³-hybridized carbons (Fsp3) is 1.00. The molecule has 2 aliphatic rings. The molecule has 0 radical (unpaired) electrons. The zero-order chi connectivity index (χ0) is 13.2. The predicted molar refractivity (Wildman–Crippen MR) is 78.0 cm³/mol. The first-order valence-corrected chi connectivity index (χ1v) is 7.73. The minimum absolute atomic E-state index is 0.330. The van der Waals surface area contributed by atoms with Gasteiger partial charge >= 0.3 is 0 Å². The van der Waals surface area contributed by atoms with Gasteiger partial charge < -0.3 is 5.32 Å². The molecule has 1 saturated heterocycles. The largest absolute Gasteiger partial charge is 0.312 e. The third kappa shape index (κ3) is 3.06. The van der Waals surface area contributed by atoms with Crippen LogP contribution in [0.4, 0.5) is 0 Å². The Labute approximate surface area is 113 Å². The summed E-state index contributed by atoms with van der Waals surface area (Å²) in [4.78, 5) is 5.26. The van der Waals surface area contributed by atoms with Gasteiger partial charge in [0.05, 0.1) is 0 Å². The summed E-state index contributed by atoms with van der Waals surface area (Å²) in [6, 6.07) is 1.52. The van der Waals surface area contributed by atoms with Gasteiger partial charge in [0.25, 0.3) is 0 Å². The van der Waals surface area contributed by atoms with Crippen molar-refractivity contribution in [2.45, 2.75) is 64.1 Å². The standard InChI is InChI=1S/C15H31N3/c1-5-9-16-13-7-6-8-14(13)18-11-10-17(4)15(2,3)12-18/h13-14,16H,5-12H2,1-4H3. The van der Waals surface area contributed by atoms with E-state index in [-0.39, 0.29) is 0 Å². The van der Waals surface area contributed by atoms with Crippen LogP contribution >= 0.6 is 0 Å². The van der Waals surface area contributed by atoms with Crippen LogP contribution in [0.3, 0.4) is 0 Å². The summed E-state index contributed by atoms with van der Waals surface area (Å²) in [6.07, 6.45) is 5.41. The lowest BCUT2D eigenvalue weighted by Gasteiger charge is -2.48. The monoisotopic (exact) mass is 253 g/mol. The van der Waals surface area contributed by atoms with E-state index in [1.54, 1.807) is 0 Å². The van der Waals surface area contributed by atoms with Gasteiger partial charge in [-0.2, -0.15) is 0 Å². The summed E-state index contributed by atoms with van der Waals surface area (Å²) < 4.78 is 0. The molecule has 18 heavy (non-hydrogen) atoms. The van der Waals surface area contributed by atoms with Gasteiger partial charge in [0, 0.05) is 37.3 Å². The maximum Gasteiger partial charge on any atom is 0.0277 e. The van der Waals surface area contributed by atoms with Crippen LogP contribution in [-0.2, 0) is 0 Å². The summed E-state index contributed by atoms with van der Waals surface area (Å²) in [6.45, 7) is 11.9. The molecule has 1 saturated carbocycles. The Morgan fingerprint density at radius 3 is 2.67 bits per heavy atom.